The molecule has 3 aromatic rings. The highest BCUT2D eigenvalue weighted by Gasteiger charge is 2.26. The van der Waals surface area contributed by atoms with Crippen LogP contribution in [0.5, 0.6) is 0 Å². The largest absolute Gasteiger partial charge is 0.289 e. The maximum Gasteiger partial charge on any atom is 0.155 e. The third kappa shape index (κ3) is 2.39. The van der Waals surface area contributed by atoms with Crippen LogP contribution in [0.1, 0.15) is 36.7 Å². The molecular weight excluding hydrogens is 276 g/mol. The minimum absolute atomic E-state index is 0.378. The van der Waals surface area contributed by atoms with Gasteiger partial charge in [0.2, 0.25) is 0 Å². The molecule has 0 bridgehead atoms. The Bertz CT molecular complexity index is 774. The molecule has 0 aromatic carbocycles. The van der Waals surface area contributed by atoms with Gasteiger partial charge in [-0.1, -0.05) is 6.42 Å². The summed E-state index contributed by atoms with van der Waals surface area (Å²) in [5.41, 5.74) is 3.32. The van der Waals surface area contributed by atoms with Gasteiger partial charge in [-0.15, -0.1) is 0 Å². The SMILES string of the molecule is Cn1nccc1CN1CCCC[C@@H]1c1ccn2nccc2n1. The molecule has 1 fully saturated rings. The number of aryl methyl sites for hydroxylation is 1. The van der Waals surface area contributed by atoms with Gasteiger partial charge in [-0.3, -0.25) is 9.58 Å². The van der Waals surface area contributed by atoms with Gasteiger partial charge in [0.25, 0.3) is 0 Å². The van der Waals surface area contributed by atoms with E-state index in [1.165, 1.54) is 18.5 Å². The van der Waals surface area contributed by atoms with E-state index in [0.29, 0.717) is 6.04 Å². The van der Waals surface area contributed by atoms with E-state index < -0.39 is 0 Å². The van der Waals surface area contributed by atoms with E-state index >= 15 is 0 Å². The van der Waals surface area contributed by atoms with Crippen LogP contribution in [0, 0.1) is 0 Å². The van der Waals surface area contributed by atoms with Crippen LogP contribution in [-0.4, -0.2) is 35.8 Å². The number of nitrogens with zero attached hydrogens (tertiary/aromatic N) is 6. The third-order valence-corrected chi connectivity index (χ3v) is 4.52. The van der Waals surface area contributed by atoms with Crippen molar-refractivity contribution in [2.24, 2.45) is 7.05 Å². The minimum atomic E-state index is 0.378. The van der Waals surface area contributed by atoms with Crippen molar-refractivity contribution in [1.82, 2.24) is 29.3 Å². The second-order valence-electron chi connectivity index (χ2n) is 5.91. The molecular formula is C16H20N6. The van der Waals surface area contributed by atoms with Crippen LogP contribution in [0.3, 0.4) is 0 Å². The van der Waals surface area contributed by atoms with Crippen LogP contribution in [0.15, 0.2) is 36.8 Å². The molecule has 4 rings (SSSR count). The third-order valence-electron chi connectivity index (χ3n) is 4.52. The first-order valence-electron chi connectivity index (χ1n) is 7.82. The van der Waals surface area contributed by atoms with Crippen molar-refractivity contribution in [1.29, 1.82) is 0 Å². The molecule has 3 aromatic heterocycles. The van der Waals surface area contributed by atoms with Gasteiger partial charge in [0.15, 0.2) is 5.65 Å². The Balaban J connectivity index is 1.63. The minimum Gasteiger partial charge on any atom is -0.289 e. The first-order chi connectivity index (χ1) is 10.8. The van der Waals surface area contributed by atoms with Crippen LogP contribution in [-0.2, 0) is 13.6 Å². The van der Waals surface area contributed by atoms with Crippen molar-refractivity contribution >= 4 is 5.65 Å². The summed E-state index contributed by atoms with van der Waals surface area (Å²) in [6.07, 6.45) is 9.34. The highest BCUT2D eigenvalue weighted by atomic mass is 15.3. The zero-order valence-corrected chi connectivity index (χ0v) is 12.8. The second kappa shape index (κ2) is 5.53. The molecule has 6 nitrogen and oxygen atoms in total. The van der Waals surface area contributed by atoms with Crippen molar-refractivity contribution < 1.29 is 0 Å². The zero-order chi connectivity index (χ0) is 14.9. The standard InChI is InChI=1S/C16H20N6/c1-20-13(5-8-17-20)12-21-10-3-2-4-15(21)14-7-11-22-16(19-14)6-9-18-22/h5-9,11,15H,2-4,10,12H2,1H3/t15-/m1/s1. The van der Waals surface area contributed by atoms with Gasteiger partial charge in [-0.05, 0) is 31.5 Å². The van der Waals surface area contributed by atoms with Crippen molar-refractivity contribution in [3.63, 3.8) is 0 Å². The smallest absolute Gasteiger partial charge is 0.155 e. The summed E-state index contributed by atoms with van der Waals surface area (Å²) in [7, 11) is 2.00. The molecule has 1 saturated heterocycles. The lowest BCUT2D eigenvalue weighted by Gasteiger charge is -2.35. The van der Waals surface area contributed by atoms with Gasteiger partial charge in [0, 0.05) is 32.1 Å². The van der Waals surface area contributed by atoms with Crippen molar-refractivity contribution in [2.45, 2.75) is 31.8 Å². The Morgan fingerprint density at radius 1 is 1.14 bits per heavy atom. The molecule has 0 amide bonds. The quantitative estimate of drug-likeness (QED) is 0.743. The average molecular weight is 296 g/mol. The van der Waals surface area contributed by atoms with Gasteiger partial charge >= 0.3 is 0 Å². The van der Waals surface area contributed by atoms with Crippen LogP contribution < -0.4 is 0 Å². The van der Waals surface area contributed by atoms with E-state index in [1.807, 2.05) is 34.7 Å². The van der Waals surface area contributed by atoms with Crippen LogP contribution in [0.4, 0.5) is 0 Å². The van der Waals surface area contributed by atoms with Crippen LogP contribution in [0.2, 0.25) is 0 Å². The highest BCUT2D eigenvalue weighted by molar-refractivity contribution is 5.37. The molecule has 22 heavy (non-hydrogen) atoms. The number of rotatable bonds is 3. The number of aromatic nitrogens is 5. The summed E-state index contributed by atoms with van der Waals surface area (Å²) in [5.74, 6) is 0. The van der Waals surface area contributed by atoms with Gasteiger partial charge in [0.05, 0.1) is 23.6 Å². The first-order valence-corrected chi connectivity index (χ1v) is 7.82. The van der Waals surface area contributed by atoms with Crippen molar-refractivity contribution in [3.8, 4) is 0 Å². The summed E-state index contributed by atoms with van der Waals surface area (Å²) in [6, 6.07) is 6.53. The monoisotopic (exact) mass is 296 g/mol. The fraction of sp³-hybridized carbons (Fsp3) is 0.438. The number of piperidine rings is 1. The lowest BCUT2D eigenvalue weighted by Crippen LogP contribution is -2.34. The molecule has 1 aliphatic rings. The van der Waals surface area contributed by atoms with E-state index in [-0.39, 0.29) is 0 Å². The lowest BCUT2D eigenvalue weighted by atomic mass is 9.99. The molecule has 1 atom stereocenters. The lowest BCUT2D eigenvalue weighted by molar-refractivity contribution is 0.134. The number of hydrogen-bond donors (Lipinski definition) is 0. The Labute approximate surface area is 129 Å². The summed E-state index contributed by atoms with van der Waals surface area (Å²) in [4.78, 5) is 7.32. The topological polar surface area (TPSA) is 51.2 Å². The van der Waals surface area contributed by atoms with Gasteiger partial charge in [-0.25, -0.2) is 9.50 Å². The number of likely N-dealkylation sites (tertiary alicyclic amines) is 1. The average Bonchev–Trinajstić information content (AvgIpc) is 3.16. The molecule has 114 valence electrons. The molecule has 4 heterocycles. The normalized spacial score (nSPS) is 19.8. The number of fused-ring (bicyclic) bond motifs is 1. The number of hydrogen-bond acceptors (Lipinski definition) is 4. The summed E-state index contributed by atoms with van der Waals surface area (Å²) in [5, 5.41) is 8.50. The summed E-state index contributed by atoms with van der Waals surface area (Å²) in [6.45, 7) is 2.04. The van der Waals surface area contributed by atoms with E-state index in [9.17, 15) is 0 Å². The maximum absolute atomic E-state index is 4.80. The van der Waals surface area contributed by atoms with E-state index in [1.54, 1.807) is 6.20 Å². The van der Waals surface area contributed by atoms with Crippen LogP contribution >= 0.6 is 0 Å². The molecule has 0 saturated carbocycles. The molecule has 1 aliphatic heterocycles. The van der Waals surface area contributed by atoms with Crippen molar-refractivity contribution in [3.05, 3.63) is 48.2 Å². The molecule has 0 unspecified atom stereocenters. The van der Waals surface area contributed by atoms with Crippen molar-refractivity contribution in [2.75, 3.05) is 6.54 Å². The van der Waals surface area contributed by atoms with E-state index in [0.717, 1.165) is 30.9 Å². The van der Waals surface area contributed by atoms with Gasteiger partial charge in [-0.2, -0.15) is 10.2 Å². The molecule has 0 spiro atoms. The van der Waals surface area contributed by atoms with E-state index in [4.69, 9.17) is 4.98 Å². The second-order valence-corrected chi connectivity index (χ2v) is 5.91. The highest BCUT2D eigenvalue weighted by Crippen LogP contribution is 2.31. The first kappa shape index (κ1) is 13.5. The Morgan fingerprint density at radius 3 is 2.91 bits per heavy atom. The van der Waals surface area contributed by atoms with Crippen LogP contribution in [0.25, 0.3) is 5.65 Å². The summed E-state index contributed by atoms with van der Waals surface area (Å²) < 4.78 is 3.77. The Kier molecular flexibility index (Phi) is 3.38. The molecule has 0 radical (unpaired) electrons. The van der Waals surface area contributed by atoms with Gasteiger partial charge < -0.3 is 0 Å². The Hall–Kier alpha value is -2.21. The predicted octanol–water partition coefficient (Wildman–Crippen LogP) is 2.19. The summed E-state index contributed by atoms with van der Waals surface area (Å²) >= 11 is 0. The molecule has 0 aliphatic carbocycles. The fourth-order valence-electron chi connectivity index (χ4n) is 3.29. The van der Waals surface area contributed by atoms with Gasteiger partial charge in [0.1, 0.15) is 0 Å². The maximum atomic E-state index is 4.80. The molecule has 0 N–H and O–H groups in total. The zero-order valence-electron chi connectivity index (χ0n) is 12.8. The Morgan fingerprint density at radius 2 is 2.05 bits per heavy atom. The fourth-order valence-corrected chi connectivity index (χ4v) is 3.29. The van der Waals surface area contributed by atoms with E-state index in [2.05, 4.69) is 27.2 Å². The predicted molar refractivity (Wildman–Crippen MR) is 83.2 cm³/mol. The molecule has 6 heteroatoms.